The molecule has 1 fully saturated rings. The Balaban J connectivity index is 2.18. The molecule has 1 saturated heterocycles. The van der Waals surface area contributed by atoms with Gasteiger partial charge in [-0.05, 0) is 27.2 Å². The highest BCUT2D eigenvalue weighted by molar-refractivity contribution is 5.51. The summed E-state index contributed by atoms with van der Waals surface area (Å²) < 4.78 is 0. The van der Waals surface area contributed by atoms with Crippen LogP contribution >= 0.6 is 0 Å². The first-order valence-electron chi connectivity index (χ1n) is 7.10. The molecular formula is C14H25N5. The molecule has 5 heteroatoms. The zero-order chi connectivity index (χ0) is 13.9. The predicted octanol–water partition coefficient (Wildman–Crippen LogP) is 1.88. The Morgan fingerprint density at radius 3 is 2.95 bits per heavy atom. The SMILES string of the molecule is CCC(C)Nc1cc(N2CCNCC2(C)C)ncn1. The van der Waals surface area contributed by atoms with E-state index in [0.717, 1.165) is 37.7 Å². The van der Waals surface area contributed by atoms with Gasteiger partial charge in [-0.2, -0.15) is 0 Å². The second-order valence-electron chi connectivity index (χ2n) is 5.86. The van der Waals surface area contributed by atoms with Crippen molar-refractivity contribution in [2.45, 2.75) is 45.7 Å². The van der Waals surface area contributed by atoms with E-state index in [4.69, 9.17) is 0 Å². The van der Waals surface area contributed by atoms with Crippen LogP contribution in [0, 0.1) is 0 Å². The summed E-state index contributed by atoms with van der Waals surface area (Å²) in [6, 6.07) is 2.48. The van der Waals surface area contributed by atoms with E-state index in [2.05, 4.69) is 59.3 Å². The third-order valence-electron chi connectivity index (χ3n) is 3.74. The van der Waals surface area contributed by atoms with Crippen molar-refractivity contribution in [2.75, 3.05) is 29.9 Å². The lowest BCUT2D eigenvalue weighted by atomic mass is 10.0. The lowest BCUT2D eigenvalue weighted by Gasteiger charge is -2.43. The molecule has 0 spiro atoms. The van der Waals surface area contributed by atoms with Crippen LogP contribution < -0.4 is 15.5 Å². The van der Waals surface area contributed by atoms with Crippen LogP contribution in [0.4, 0.5) is 11.6 Å². The Kier molecular flexibility index (Phi) is 4.24. The van der Waals surface area contributed by atoms with E-state index in [0.29, 0.717) is 6.04 Å². The van der Waals surface area contributed by atoms with E-state index in [-0.39, 0.29) is 5.54 Å². The fourth-order valence-electron chi connectivity index (χ4n) is 2.34. The third-order valence-corrected chi connectivity index (χ3v) is 3.74. The van der Waals surface area contributed by atoms with E-state index in [1.54, 1.807) is 6.33 Å². The molecule has 1 aromatic rings. The van der Waals surface area contributed by atoms with Crippen LogP contribution in [0.3, 0.4) is 0 Å². The minimum atomic E-state index is 0.0836. The molecule has 1 atom stereocenters. The highest BCUT2D eigenvalue weighted by Crippen LogP contribution is 2.24. The van der Waals surface area contributed by atoms with Crippen molar-refractivity contribution in [2.24, 2.45) is 0 Å². The average molecular weight is 263 g/mol. The van der Waals surface area contributed by atoms with Crippen molar-refractivity contribution < 1.29 is 0 Å². The van der Waals surface area contributed by atoms with E-state index in [9.17, 15) is 0 Å². The van der Waals surface area contributed by atoms with Gasteiger partial charge in [0.25, 0.3) is 0 Å². The second kappa shape index (κ2) is 5.74. The second-order valence-corrected chi connectivity index (χ2v) is 5.86. The van der Waals surface area contributed by atoms with Crippen LogP contribution in [0.15, 0.2) is 12.4 Å². The first kappa shape index (κ1) is 14.1. The van der Waals surface area contributed by atoms with Crippen LogP contribution in [0.2, 0.25) is 0 Å². The van der Waals surface area contributed by atoms with Crippen LogP contribution in [0.5, 0.6) is 0 Å². The number of nitrogens with one attached hydrogen (secondary N) is 2. The van der Waals surface area contributed by atoms with Crippen LogP contribution in [0.25, 0.3) is 0 Å². The zero-order valence-electron chi connectivity index (χ0n) is 12.4. The summed E-state index contributed by atoms with van der Waals surface area (Å²) in [6.07, 6.45) is 2.73. The van der Waals surface area contributed by atoms with Crippen LogP contribution in [-0.2, 0) is 0 Å². The topological polar surface area (TPSA) is 53.1 Å². The Morgan fingerprint density at radius 2 is 2.26 bits per heavy atom. The minimum Gasteiger partial charge on any atom is -0.367 e. The summed E-state index contributed by atoms with van der Waals surface area (Å²) in [6.45, 7) is 11.8. The molecule has 2 N–H and O–H groups in total. The summed E-state index contributed by atoms with van der Waals surface area (Å²) >= 11 is 0. The van der Waals surface area contributed by atoms with Gasteiger partial charge in [-0.1, -0.05) is 6.92 Å². The number of hydrogen-bond acceptors (Lipinski definition) is 5. The van der Waals surface area contributed by atoms with Gasteiger partial charge in [-0.15, -0.1) is 0 Å². The van der Waals surface area contributed by atoms with Crippen molar-refractivity contribution >= 4 is 11.6 Å². The number of hydrogen-bond donors (Lipinski definition) is 2. The Labute approximate surface area is 115 Å². The molecule has 1 aliphatic heterocycles. The largest absolute Gasteiger partial charge is 0.367 e. The minimum absolute atomic E-state index is 0.0836. The number of anilines is 2. The standard InChI is InChI=1S/C14H25N5/c1-5-11(2)18-12-8-13(17-10-16-12)19-7-6-15-9-14(19,3)4/h8,10-11,15H,5-7,9H2,1-4H3,(H,16,17,18). The monoisotopic (exact) mass is 263 g/mol. The maximum atomic E-state index is 4.44. The molecule has 0 radical (unpaired) electrons. The van der Waals surface area contributed by atoms with Gasteiger partial charge in [0, 0.05) is 37.3 Å². The fraction of sp³-hybridized carbons (Fsp3) is 0.714. The molecule has 2 heterocycles. The highest BCUT2D eigenvalue weighted by atomic mass is 15.3. The first-order chi connectivity index (χ1) is 9.03. The van der Waals surface area contributed by atoms with Gasteiger partial charge in [-0.25, -0.2) is 9.97 Å². The van der Waals surface area contributed by atoms with Crippen molar-refractivity contribution in [3.8, 4) is 0 Å². The molecule has 0 aliphatic carbocycles. The molecule has 1 unspecified atom stereocenters. The predicted molar refractivity (Wildman–Crippen MR) is 79.7 cm³/mol. The van der Waals surface area contributed by atoms with E-state index >= 15 is 0 Å². The zero-order valence-corrected chi connectivity index (χ0v) is 12.4. The summed E-state index contributed by atoms with van der Waals surface area (Å²) in [4.78, 5) is 11.1. The van der Waals surface area contributed by atoms with Gasteiger partial charge in [0.05, 0.1) is 0 Å². The molecule has 1 aliphatic rings. The lowest BCUT2D eigenvalue weighted by Crippen LogP contribution is -2.58. The number of rotatable bonds is 4. The molecular weight excluding hydrogens is 238 g/mol. The summed E-state index contributed by atoms with van der Waals surface area (Å²) in [5.74, 6) is 1.92. The normalized spacial score (nSPS) is 20.1. The van der Waals surface area contributed by atoms with Crippen LogP contribution in [0.1, 0.15) is 34.1 Å². The molecule has 19 heavy (non-hydrogen) atoms. The van der Waals surface area contributed by atoms with Crippen molar-refractivity contribution in [3.63, 3.8) is 0 Å². The molecule has 5 nitrogen and oxygen atoms in total. The van der Waals surface area contributed by atoms with Gasteiger partial charge < -0.3 is 15.5 Å². The van der Waals surface area contributed by atoms with E-state index in [1.165, 1.54) is 0 Å². The maximum absolute atomic E-state index is 4.44. The first-order valence-corrected chi connectivity index (χ1v) is 7.10. The molecule has 1 aromatic heterocycles. The van der Waals surface area contributed by atoms with Crippen molar-refractivity contribution in [1.29, 1.82) is 0 Å². The third kappa shape index (κ3) is 3.35. The highest BCUT2D eigenvalue weighted by Gasteiger charge is 2.30. The molecule has 0 saturated carbocycles. The quantitative estimate of drug-likeness (QED) is 0.868. The Morgan fingerprint density at radius 1 is 1.47 bits per heavy atom. The molecule has 0 bridgehead atoms. The Bertz CT molecular complexity index is 418. The molecule has 2 rings (SSSR count). The molecule has 0 aromatic carbocycles. The van der Waals surface area contributed by atoms with Crippen molar-refractivity contribution in [1.82, 2.24) is 15.3 Å². The maximum Gasteiger partial charge on any atom is 0.134 e. The van der Waals surface area contributed by atoms with Crippen molar-refractivity contribution in [3.05, 3.63) is 12.4 Å². The number of piperazine rings is 1. The number of nitrogens with zero attached hydrogens (tertiary/aromatic N) is 3. The lowest BCUT2D eigenvalue weighted by molar-refractivity contribution is 0.378. The average Bonchev–Trinajstić information content (AvgIpc) is 2.38. The van der Waals surface area contributed by atoms with Crippen LogP contribution in [-0.4, -0.2) is 41.2 Å². The summed E-state index contributed by atoms with van der Waals surface area (Å²) in [5.41, 5.74) is 0.0836. The fourth-order valence-corrected chi connectivity index (χ4v) is 2.34. The van der Waals surface area contributed by atoms with Gasteiger partial charge >= 0.3 is 0 Å². The van der Waals surface area contributed by atoms with E-state index < -0.39 is 0 Å². The Hall–Kier alpha value is -1.36. The smallest absolute Gasteiger partial charge is 0.134 e. The van der Waals surface area contributed by atoms with Gasteiger partial charge in [0.1, 0.15) is 18.0 Å². The molecule has 106 valence electrons. The van der Waals surface area contributed by atoms with Gasteiger partial charge in [0.2, 0.25) is 0 Å². The summed E-state index contributed by atoms with van der Waals surface area (Å²) in [5, 5.41) is 6.83. The number of aromatic nitrogens is 2. The van der Waals surface area contributed by atoms with Gasteiger partial charge in [-0.3, -0.25) is 0 Å². The van der Waals surface area contributed by atoms with Gasteiger partial charge in [0.15, 0.2) is 0 Å². The molecule has 0 amide bonds. The van der Waals surface area contributed by atoms with E-state index in [1.807, 2.05) is 0 Å². The summed E-state index contributed by atoms with van der Waals surface area (Å²) in [7, 11) is 0.